The number of unbranched alkanes of at least 4 members (excludes halogenated alkanes) is 1. The van der Waals surface area contributed by atoms with Crippen molar-refractivity contribution < 1.29 is 19.0 Å². The molecule has 0 unspecified atom stereocenters. The van der Waals surface area contributed by atoms with Gasteiger partial charge in [-0.2, -0.15) is 5.26 Å². The Bertz CT molecular complexity index is 977. The van der Waals surface area contributed by atoms with E-state index in [1.54, 1.807) is 0 Å². The van der Waals surface area contributed by atoms with Crippen molar-refractivity contribution in [3.8, 4) is 23.7 Å². The third-order valence-electron chi connectivity index (χ3n) is 4.70. The van der Waals surface area contributed by atoms with Gasteiger partial charge in [-0.05, 0) is 30.7 Å². The number of hydrogen-bond acceptors (Lipinski definition) is 5. The van der Waals surface area contributed by atoms with Gasteiger partial charge < -0.3 is 14.2 Å². The first-order chi connectivity index (χ1) is 14.6. The van der Waals surface area contributed by atoms with Crippen LogP contribution in [0.3, 0.4) is 0 Å². The van der Waals surface area contributed by atoms with Crippen molar-refractivity contribution in [1.29, 1.82) is 5.26 Å². The lowest BCUT2D eigenvalue weighted by Gasteiger charge is -2.29. The van der Waals surface area contributed by atoms with Gasteiger partial charge in [0.25, 0.3) is 0 Å². The minimum absolute atomic E-state index is 0.218. The molecule has 30 heavy (non-hydrogen) atoms. The van der Waals surface area contributed by atoms with Crippen LogP contribution in [-0.4, -0.2) is 19.2 Å². The van der Waals surface area contributed by atoms with Crippen LogP contribution in [0.1, 0.15) is 49.2 Å². The minimum Gasteiger partial charge on any atom is -0.417 e. The first-order valence-corrected chi connectivity index (χ1v) is 10.2. The normalized spacial score (nSPS) is 18.0. The Morgan fingerprint density at radius 1 is 1.20 bits per heavy atom. The third kappa shape index (κ3) is 6.08. The maximum Gasteiger partial charge on any atom is 0.390 e. The van der Waals surface area contributed by atoms with E-state index in [1.165, 1.54) is 31.0 Å². The van der Waals surface area contributed by atoms with Crippen molar-refractivity contribution in [1.82, 2.24) is 0 Å². The van der Waals surface area contributed by atoms with E-state index in [-0.39, 0.29) is 17.1 Å². The fourth-order valence-electron chi connectivity index (χ4n) is 3.02. The van der Waals surface area contributed by atoms with E-state index in [2.05, 4.69) is 18.8 Å². The van der Waals surface area contributed by atoms with Gasteiger partial charge >= 0.3 is 5.97 Å². The van der Waals surface area contributed by atoms with Crippen molar-refractivity contribution in [3.05, 3.63) is 64.2 Å². The van der Waals surface area contributed by atoms with E-state index in [4.69, 9.17) is 31.1 Å². The van der Waals surface area contributed by atoms with Gasteiger partial charge in [0.05, 0.1) is 23.8 Å². The van der Waals surface area contributed by atoms with Crippen LogP contribution in [0, 0.1) is 29.1 Å². The molecule has 0 aliphatic carbocycles. The van der Waals surface area contributed by atoms with Crippen molar-refractivity contribution >= 4 is 17.6 Å². The van der Waals surface area contributed by atoms with Crippen molar-refractivity contribution in [2.24, 2.45) is 5.92 Å². The number of carbonyl (C=O) groups excluding carboxylic acids is 1. The SMILES string of the molecule is CCCCC1COC(c2ccc(C#CC(=O)Oc3ccc(C#N)c(Cl)c3)cc2)OC1. The van der Waals surface area contributed by atoms with Gasteiger partial charge in [-0.25, -0.2) is 4.79 Å². The minimum atomic E-state index is -0.711. The summed E-state index contributed by atoms with van der Waals surface area (Å²) in [7, 11) is 0. The summed E-state index contributed by atoms with van der Waals surface area (Å²) < 4.78 is 16.8. The number of carbonyl (C=O) groups is 1. The predicted molar refractivity (Wildman–Crippen MR) is 113 cm³/mol. The monoisotopic (exact) mass is 423 g/mol. The Morgan fingerprint density at radius 2 is 1.93 bits per heavy atom. The Morgan fingerprint density at radius 3 is 2.57 bits per heavy atom. The predicted octanol–water partition coefficient (Wildman–Crippen LogP) is 5.02. The Hall–Kier alpha value is -2.83. The highest BCUT2D eigenvalue weighted by molar-refractivity contribution is 6.31. The Labute approximate surface area is 181 Å². The van der Waals surface area contributed by atoms with E-state index in [0.29, 0.717) is 30.3 Å². The summed E-state index contributed by atoms with van der Waals surface area (Å²) in [5, 5.41) is 9.08. The van der Waals surface area contributed by atoms with Gasteiger partial charge in [0, 0.05) is 29.0 Å². The van der Waals surface area contributed by atoms with Crippen LogP contribution >= 0.6 is 11.6 Å². The number of esters is 1. The third-order valence-corrected chi connectivity index (χ3v) is 5.01. The zero-order valence-corrected chi connectivity index (χ0v) is 17.4. The van der Waals surface area contributed by atoms with Gasteiger partial charge in [0.15, 0.2) is 6.29 Å². The zero-order chi connectivity index (χ0) is 21.3. The molecule has 2 aromatic carbocycles. The number of ether oxygens (including phenoxy) is 3. The molecule has 6 heteroatoms. The van der Waals surface area contributed by atoms with Crippen LogP contribution in [0.25, 0.3) is 0 Å². The number of nitriles is 1. The topological polar surface area (TPSA) is 68.5 Å². The highest BCUT2D eigenvalue weighted by Crippen LogP contribution is 2.27. The van der Waals surface area contributed by atoms with Gasteiger partial charge in [0.1, 0.15) is 11.8 Å². The molecule has 0 aromatic heterocycles. The second-order valence-corrected chi connectivity index (χ2v) is 7.43. The molecule has 0 spiro atoms. The van der Waals surface area contributed by atoms with E-state index in [1.807, 2.05) is 30.3 Å². The van der Waals surface area contributed by atoms with Gasteiger partial charge in [-0.15, -0.1) is 0 Å². The first kappa shape index (κ1) is 21.9. The quantitative estimate of drug-likeness (QED) is 0.383. The number of hydrogen-bond donors (Lipinski definition) is 0. The summed E-state index contributed by atoms with van der Waals surface area (Å²) in [6.45, 7) is 3.59. The van der Waals surface area contributed by atoms with E-state index in [9.17, 15) is 4.79 Å². The number of benzene rings is 2. The molecule has 2 aromatic rings. The van der Waals surface area contributed by atoms with E-state index < -0.39 is 5.97 Å². The molecule has 0 saturated carbocycles. The van der Waals surface area contributed by atoms with E-state index >= 15 is 0 Å². The van der Waals surface area contributed by atoms with Crippen LogP contribution in [0.2, 0.25) is 5.02 Å². The fourth-order valence-corrected chi connectivity index (χ4v) is 3.24. The van der Waals surface area contributed by atoms with Gasteiger partial charge in [0.2, 0.25) is 0 Å². The van der Waals surface area contributed by atoms with E-state index in [0.717, 1.165) is 12.0 Å². The summed E-state index contributed by atoms with van der Waals surface area (Å²) in [6, 6.07) is 13.7. The smallest absolute Gasteiger partial charge is 0.390 e. The molecule has 0 amide bonds. The molecular formula is C24H22ClNO4. The van der Waals surface area contributed by atoms with Crippen LogP contribution < -0.4 is 4.74 Å². The lowest BCUT2D eigenvalue weighted by molar-refractivity contribution is -0.206. The molecule has 0 radical (unpaired) electrons. The molecule has 154 valence electrons. The Kier molecular flexibility index (Phi) is 7.88. The average Bonchev–Trinajstić information content (AvgIpc) is 2.77. The average molecular weight is 424 g/mol. The van der Waals surface area contributed by atoms with Crippen molar-refractivity contribution in [2.45, 2.75) is 32.5 Å². The van der Waals surface area contributed by atoms with Crippen LogP contribution in [0.15, 0.2) is 42.5 Å². The van der Waals surface area contributed by atoms with Gasteiger partial charge in [-0.3, -0.25) is 0 Å². The van der Waals surface area contributed by atoms with Crippen LogP contribution in [-0.2, 0) is 14.3 Å². The molecule has 1 fully saturated rings. The maximum absolute atomic E-state index is 11.9. The summed E-state index contributed by atoms with van der Waals surface area (Å²) in [4.78, 5) is 11.9. The molecule has 0 N–H and O–H groups in total. The summed E-state index contributed by atoms with van der Waals surface area (Å²) in [5.41, 5.74) is 1.90. The highest BCUT2D eigenvalue weighted by Gasteiger charge is 2.23. The molecule has 1 aliphatic heterocycles. The van der Waals surface area contributed by atoms with Crippen molar-refractivity contribution in [2.75, 3.05) is 13.2 Å². The molecule has 1 saturated heterocycles. The number of halogens is 1. The summed E-state index contributed by atoms with van der Waals surface area (Å²) in [6.07, 6.45) is 3.13. The molecule has 0 atom stereocenters. The highest BCUT2D eigenvalue weighted by atomic mass is 35.5. The molecule has 5 nitrogen and oxygen atoms in total. The molecule has 1 heterocycles. The number of nitrogens with zero attached hydrogens (tertiary/aromatic N) is 1. The van der Waals surface area contributed by atoms with Crippen LogP contribution in [0.5, 0.6) is 5.75 Å². The first-order valence-electron chi connectivity index (χ1n) is 9.85. The zero-order valence-electron chi connectivity index (χ0n) is 16.7. The summed E-state index contributed by atoms with van der Waals surface area (Å²) in [5.74, 6) is 5.19. The second kappa shape index (κ2) is 10.8. The lowest BCUT2D eigenvalue weighted by Crippen LogP contribution is -2.27. The molecule has 3 rings (SSSR count). The maximum atomic E-state index is 11.9. The standard InChI is InChI=1S/C24H22ClNO4/c1-2-3-4-18-15-28-24(29-16-18)19-8-5-17(6-9-19)7-12-23(27)30-21-11-10-20(14-26)22(25)13-21/h5-6,8-11,13,18,24H,2-4,15-16H2,1H3. The fraction of sp³-hybridized carbons (Fsp3) is 0.333. The number of rotatable bonds is 5. The molecule has 0 bridgehead atoms. The lowest BCUT2D eigenvalue weighted by atomic mass is 10.0. The molecular weight excluding hydrogens is 402 g/mol. The summed E-state index contributed by atoms with van der Waals surface area (Å²) >= 11 is 5.92. The van der Waals surface area contributed by atoms with Crippen LogP contribution in [0.4, 0.5) is 0 Å². The van der Waals surface area contributed by atoms with Crippen molar-refractivity contribution in [3.63, 3.8) is 0 Å². The van der Waals surface area contributed by atoms with Gasteiger partial charge in [-0.1, -0.05) is 49.4 Å². The Balaban J connectivity index is 1.54. The molecule has 1 aliphatic rings. The largest absolute Gasteiger partial charge is 0.417 e. The second-order valence-electron chi connectivity index (χ2n) is 7.02.